The fourth-order valence-corrected chi connectivity index (χ4v) is 2.72. The Hall–Kier alpha value is -0.770. The maximum absolute atomic E-state index is 11.1. The highest BCUT2D eigenvalue weighted by molar-refractivity contribution is 6.30. The summed E-state index contributed by atoms with van der Waals surface area (Å²) in [6.45, 7) is 3.87. The molecule has 0 unspecified atom stereocenters. The Labute approximate surface area is 130 Å². The van der Waals surface area contributed by atoms with Gasteiger partial charge in [-0.15, -0.1) is 11.6 Å². The molecule has 1 aromatic rings. The maximum Gasteiger partial charge on any atom is 0.234 e. The molecule has 1 aliphatic heterocycles. The Bertz CT molecular complexity index is 428. The molecule has 1 heterocycles. The van der Waals surface area contributed by atoms with Gasteiger partial charge in [-0.1, -0.05) is 23.7 Å². The minimum Gasteiger partial charge on any atom is -0.355 e. The largest absolute Gasteiger partial charge is 0.355 e. The summed E-state index contributed by atoms with van der Waals surface area (Å²) in [7, 11) is 0. The Kier molecular flexibility index (Phi) is 6.14. The van der Waals surface area contributed by atoms with Crippen LogP contribution in [0.3, 0.4) is 0 Å². The number of nitrogens with one attached hydrogen (secondary N) is 1. The number of halogens is 2. The first-order valence-electron chi connectivity index (χ1n) is 6.97. The van der Waals surface area contributed by atoms with Gasteiger partial charge < -0.3 is 5.32 Å². The van der Waals surface area contributed by atoms with Crippen LogP contribution in [-0.2, 0) is 11.3 Å². The highest BCUT2D eigenvalue weighted by atomic mass is 35.5. The van der Waals surface area contributed by atoms with Gasteiger partial charge >= 0.3 is 0 Å². The molecule has 1 aliphatic rings. The molecule has 1 amide bonds. The lowest BCUT2D eigenvalue weighted by atomic mass is 9.96. The third-order valence-corrected chi connectivity index (χ3v) is 4.23. The van der Waals surface area contributed by atoms with Crippen LogP contribution in [0.2, 0.25) is 5.02 Å². The SMILES string of the molecule is O=C(CCl)NCC1CCN(Cc2ccc(Cl)cc2)CC1. The number of carbonyl (C=O) groups excluding carboxylic acids is 1. The maximum atomic E-state index is 11.1. The van der Waals surface area contributed by atoms with Crippen molar-refractivity contribution in [3.8, 4) is 0 Å². The molecule has 20 heavy (non-hydrogen) atoms. The highest BCUT2D eigenvalue weighted by Gasteiger charge is 2.19. The second-order valence-corrected chi connectivity index (χ2v) is 5.99. The first-order valence-corrected chi connectivity index (χ1v) is 7.88. The second-order valence-electron chi connectivity index (χ2n) is 5.28. The normalized spacial score (nSPS) is 17.1. The van der Waals surface area contributed by atoms with Gasteiger partial charge in [0.1, 0.15) is 5.88 Å². The summed E-state index contributed by atoms with van der Waals surface area (Å²) in [5.41, 5.74) is 1.29. The number of amides is 1. The summed E-state index contributed by atoms with van der Waals surface area (Å²) in [6, 6.07) is 8.03. The summed E-state index contributed by atoms with van der Waals surface area (Å²) < 4.78 is 0. The smallest absolute Gasteiger partial charge is 0.234 e. The van der Waals surface area contributed by atoms with Crippen LogP contribution in [0, 0.1) is 5.92 Å². The zero-order chi connectivity index (χ0) is 14.4. The number of alkyl halides is 1. The number of piperidine rings is 1. The molecule has 0 radical (unpaired) electrons. The first kappa shape index (κ1) is 15.6. The van der Waals surface area contributed by atoms with E-state index in [4.69, 9.17) is 23.2 Å². The molecule has 0 saturated carbocycles. The third-order valence-electron chi connectivity index (χ3n) is 3.74. The number of carbonyl (C=O) groups is 1. The Morgan fingerprint density at radius 2 is 1.90 bits per heavy atom. The van der Waals surface area contributed by atoms with Gasteiger partial charge in [-0.3, -0.25) is 9.69 Å². The van der Waals surface area contributed by atoms with Crippen molar-refractivity contribution in [1.29, 1.82) is 0 Å². The number of hydrogen-bond donors (Lipinski definition) is 1. The van der Waals surface area contributed by atoms with Crippen molar-refractivity contribution in [2.24, 2.45) is 5.92 Å². The van der Waals surface area contributed by atoms with Crippen LogP contribution < -0.4 is 5.32 Å². The van der Waals surface area contributed by atoms with Crippen LogP contribution >= 0.6 is 23.2 Å². The molecule has 1 fully saturated rings. The van der Waals surface area contributed by atoms with Crippen molar-refractivity contribution in [3.05, 3.63) is 34.9 Å². The van der Waals surface area contributed by atoms with Crippen molar-refractivity contribution >= 4 is 29.1 Å². The van der Waals surface area contributed by atoms with Gasteiger partial charge in [0.2, 0.25) is 5.91 Å². The number of benzene rings is 1. The predicted molar refractivity (Wildman–Crippen MR) is 83.2 cm³/mol. The van der Waals surface area contributed by atoms with Crippen molar-refractivity contribution in [1.82, 2.24) is 10.2 Å². The van der Waals surface area contributed by atoms with E-state index in [0.717, 1.165) is 44.0 Å². The third kappa shape index (κ3) is 4.97. The molecule has 0 bridgehead atoms. The number of hydrogen-bond acceptors (Lipinski definition) is 2. The molecule has 110 valence electrons. The number of rotatable bonds is 5. The average molecular weight is 315 g/mol. The van der Waals surface area contributed by atoms with Gasteiger partial charge in [-0.2, -0.15) is 0 Å². The molecule has 0 atom stereocenters. The Morgan fingerprint density at radius 3 is 2.50 bits per heavy atom. The predicted octanol–water partition coefficient (Wildman–Crippen LogP) is 2.91. The standard InChI is InChI=1S/C15H20Cl2N2O/c16-9-15(20)18-10-12-5-7-19(8-6-12)11-13-1-3-14(17)4-2-13/h1-4,12H,5-11H2,(H,18,20). The monoisotopic (exact) mass is 314 g/mol. The Balaban J connectivity index is 1.71. The minimum atomic E-state index is -0.0738. The van der Waals surface area contributed by atoms with E-state index in [1.165, 1.54) is 5.56 Å². The molecular formula is C15H20Cl2N2O. The number of likely N-dealkylation sites (tertiary alicyclic amines) is 1. The van der Waals surface area contributed by atoms with E-state index in [9.17, 15) is 4.79 Å². The van der Waals surface area contributed by atoms with Gasteiger partial charge in [0.05, 0.1) is 0 Å². The summed E-state index contributed by atoms with van der Waals surface area (Å²) in [4.78, 5) is 13.6. The van der Waals surface area contributed by atoms with Crippen molar-refractivity contribution in [2.75, 3.05) is 25.5 Å². The second kappa shape index (κ2) is 7.87. The Morgan fingerprint density at radius 1 is 1.25 bits per heavy atom. The van der Waals surface area contributed by atoms with Gasteiger partial charge in [0.15, 0.2) is 0 Å². The molecule has 0 aromatic heterocycles. The molecule has 2 rings (SSSR count). The molecule has 1 N–H and O–H groups in total. The van der Waals surface area contributed by atoms with Gasteiger partial charge in [-0.05, 0) is 49.5 Å². The fourth-order valence-electron chi connectivity index (χ4n) is 2.50. The van der Waals surface area contributed by atoms with E-state index in [1.54, 1.807) is 0 Å². The summed E-state index contributed by atoms with van der Waals surface area (Å²) in [5, 5.41) is 3.65. The molecule has 0 spiro atoms. The van der Waals surface area contributed by atoms with Gasteiger partial charge in [-0.25, -0.2) is 0 Å². The lowest BCUT2D eigenvalue weighted by Crippen LogP contribution is -2.38. The van der Waals surface area contributed by atoms with E-state index >= 15 is 0 Å². The van der Waals surface area contributed by atoms with Crippen LogP contribution in [0.1, 0.15) is 18.4 Å². The number of nitrogens with zero attached hydrogens (tertiary/aromatic N) is 1. The molecule has 1 saturated heterocycles. The van der Waals surface area contributed by atoms with E-state index in [2.05, 4.69) is 22.3 Å². The lowest BCUT2D eigenvalue weighted by molar-refractivity contribution is -0.118. The van der Waals surface area contributed by atoms with Crippen LogP contribution in [0.25, 0.3) is 0 Å². The van der Waals surface area contributed by atoms with E-state index < -0.39 is 0 Å². The summed E-state index contributed by atoms with van der Waals surface area (Å²) >= 11 is 11.4. The van der Waals surface area contributed by atoms with Gasteiger partial charge in [0, 0.05) is 18.1 Å². The summed E-state index contributed by atoms with van der Waals surface area (Å²) in [6.07, 6.45) is 2.24. The van der Waals surface area contributed by atoms with Crippen LogP contribution in [0.15, 0.2) is 24.3 Å². The summed E-state index contributed by atoms with van der Waals surface area (Å²) in [5.74, 6) is 0.550. The van der Waals surface area contributed by atoms with Gasteiger partial charge in [0.25, 0.3) is 0 Å². The zero-order valence-electron chi connectivity index (χ0n) is 11.4. The van der Waals surface area contributed by atoms with Crippen molar-refractivity contribution in [3.63, 3.8) is 0 Å². The van der Waals surface area contributed by atoms with E-state index in [0.29, 0.717) is 5.92 Å². The molecule has 0 aliphatic carbocycles. The molecular weight excluding hydrogens is 295 g/mol. The first-order chi connectivity index (χ1) is 9.67. The van der Waals surface area contributed by atoms with E-state index in [1.807, 2.05) is 12.1 Å². The highest BCUT2D eigenvalue weighted by Crippen LogP contribution is 2.19. The minimum absolute atomic E-state index is 0.0510. The average Bonchev–Trinajstić information content (AvgIpc) is 2.48. The van der Waals surface area contributed by atoms with Crippen LogP contribution in [-0.4, -0.2) is 36.3 Å². The lowest BCUT2D eigenvalue weighted by Gasteiger charge is -2.32. The molecule has 1 aromatic carbocycles. The van der Waals surface area contributed by atoms with Crippen LogP contribution in [0.5, 0.6) is 0 Å². The topological polar surface area (TPSA) is 32.3 Å². The van der Waals surface area contributed by atoms with Crippen molar-refractivity contribution in [2.45, 2.75) is 19.4 Å². The van der Waals surface area contributed by atoms with Crippen LogP contribution in [0.4, 0.5) is 0 Å². The fraction of sp³-hybridized carbons (Fsp3) is 0.533. The quantitative estimate of drug-likeness (QED) is 0.848. The van der Waals surface area contributed by atoms with Crippen molar-refractivity contribution < 1.29 is 4.79 Å². The molecule has 5 heteroatoms. The zero-order valence-corrected chi connectivity index (χ0v) is 13.0. The molecule has 3 nitrogen and oxygen atoms in total. The van der Waals surface area contributed by atoms with E-state index in [-0.39, 0.29) is 11.8 Å².